The average Bonchev–Trinajstić information content (AvgIpc) is 2.73. The Morgan fingerprint density at radius 3 is 2.68 bits per heavy atom. The molecule has 3 aromatic rings. The van der Waals surface area contributed by atoms with Gasteiger partial charge in [0.05, 0.1) is 7.11 Å². The van der Waals surface area contributed by atoms with Crippen LogP contribution in [0.1, 0.15) is 17.4 Å². The van der Waals surface area contributed by atoms with E-state index in [0.717, 1.165) is 5.12 Å². The summed E-state index contributed by atoms with van der Waals surface area (Å²) in [4.78, 5) is 12.6. The van der Waals surface area contributed by atoms with Crippen LogP contribution in [0.15, 0.2) is 41.6 Å². The van der Waals surface area contributed by atoms with E-state index in [1.807, 2.05) is 0 Å². The number of ether oxygens (including phenoxy) is 1. The highest BCUT2D eigenvalue weighted by Gasteiger charge is 2.33. The number of carbonyl (C=O) groups excluding carboxylic acids is 1. The highest BCUT2D eigenvalue weighted by Crippen LogP contribution is 2.37. The molecule has 0 radical (unpaired) electrons. The normalized spacial score (nSPS) is 13.6. The number of hydrogen-bond donors (Lipinski definition) is 2. The van der Waals surface area contributed by atoms with Gasteiger partial charge in [0.25, 0.3) is 5.91 Å². The molecule has 0 fully saturated rings. The van der Waals surface area contributed by atoms with Gasteiger partial charge in [-0.2, -0.15) is 10.6 Å². The first kappa shape index (κ1) is 17.7. The van der Waals surface area contributed by atoms with Gasteiger partial charge in [0, 0.05) is 23.1 Å². The van der Waals surface area contributed by atoms with E-state index in [-0.39, 0.29) is 17.4 Å². The van der Waals surface area contributed by atoms with Gasteiger partial charge >= 0.3 is 0 Å². The van der Waals surface area contributed by atoms with Crippen LogP contribution in [-0.4, -0.2) is 34.8 Å². The van der Waals surface area contributed by atoms with Crippen molar-refractivity contribution in [2.75, 3.05) is 18.8 Å². The number of aromatic nitrogens is 2. The van der Waals surface area contributed by atoms with Gasteiger partial charge in [0.2, 0.25) is 0 Å². The van der Waals surface area contributed by atoms with Gasteiger partial charge < -0.3 is 4.74 Å². The van der Waals surface area contributed by atoms with Crippen LogP contribution in [0.3, 0.4) is 0 Å². The summed E-state index contributed by atoms with van der Waals surface area (Å²) in [6, 6.07) is 9.97. The fourth-order valence-electron chi connectivity index (χ4n) is 3.19. The van der Waals surface area contributed by atoms with Crippen molar-refractivity contribution in [3.8, 4) is 16.9 Å². The Kier molecular flexibility index (Phi) is 4.32. The Bertz CT molecular complexity index is 1100. The molecule has 0 unspecified atom stereocenters. The number of rotatable bonds is 4. The summed E-state index contributed by atoms with van der Waals surface area (Å²) in [6.45, 7) is 2.12. The molecule has 1 amide bonds. The van der Waals surface area contributed by atoms with E-state index >= 15 is 0 Å². The highest BCUT2D eigenvalue weighted by atomic mass is 19.1. The van der Waals surface area contributed by atoms with Crippen molar-refractivity contribution in [3.63, 3.8) is 0 Å². The van der Waals surface area contributed by atoms with Gasteiger partial charge in [0.1, 0.15) is 11.2 Å². The van der Waals surface area contributed by atoms with E-state index in [1.54, 1.807) is 37.3 Å². The zero-order valence-corrected chi connectivity index (χ0v) is 15.1. The van der Waals surface area contributed by atoms with Crippen molar-refractivity contribution in [2.45, 2.75) is 6.92 Å². The minimum Gasteiger partial charge on any atom is -0.494 e. The summed E-state index contributed by atoms with van der Waals surface area (Å²) < 4.78 is 19.9. The van der Waals surface area contributed by atoms with Gasteiger partial charge in [-0.3, -0.25) is 9.80 Å². The molecule has 1 aliphatic rings. The Hall–Kier alpha value is -3.66. The molecular weight excluding hydrogens is 365 g/mol. The van der Waals surface area contributed by atoms with Crippen LogP contribution in [-0.2, 0) is 0 Å². The molecule has 0 aliphatic carbocycles. The summed E-state index contributed by atoms with van der Waals surface area (Å²) in [5.41, 5.74) is 11.7. The summed E-state index contributed by atoms with van der Waals surface area (Å²) >= 11 is 0. The second-order valence-corrected chi connectivity index (χ2v) is 5.98. The van der Waals surface area contributed by atoms with Crippen molar-refractivity contribution in [3.05, 3.63) is 47.9 Å². The van der Waals surface area contributed by atoms with Crippen LogP contribution in [0.25, 0.3) is 22.0 Å². The lowest BCUT2D eigenvalue weighted by Crippen LogP contribution is -2.55. The molecule has 28 heavy (non-hydrogen) atoms. The molecule has 9 nitrogen and oxygen atoms in total. The molecule has 0 atom stereocenters. The maximum Gasteiger partial charge on any atom is 0.292 e. The van der Waals surface area contributed by atoms with Crippen molar-refractivity contribution in [2.24, 2.45) is 5.22 Å². The number of hydrazine groups is 2. The van der Waals surface area contributed by atoms with Crippen LogP contribution < -0.4 is 15.4 Å². The van der Waals surface area contributed by atoms with E-state index in [0.29, 0.717) is 34.3 Å². The van der Waals surface area contributed by atoms with Crippen LogP contribution in [0.5, 0.6) is 5.75 Å². The van der Waals surface area contributed by atoms with Crippen molar-refractivity contribution in [1.82, 2.24) is 20.7 Å². The van der Waals surface area contributed by atoms with Crippen LogP contribution in [0.2, 0.25) is 0 Å². The summed E-state index contributed by atoms with van der Waals surface area (Å²) in [7, 11) is 1.39. The first-order chi connectivity index (χ1) is 13.6. The summed E-state index contributed by atoms with van der Waals surface area (Å²) in [6.07, 6.45) is 0. The van der Waals surface area contributed by atoms with Crippen molar-refractivity contribution < 1.29 is 13.9 Å². The van der Waals surface area contributed by atoms with Gasteiger partial charge in [0.15, 0.2) is 17.3 Å². The highest BCUT2D eigenvalue weighted by molar-refractivity contribution is 6.09. The Morgan fingerprint density at radius 1 is 1.21 bits per heavy atom. The smallest absolute Gasteiger partial charge is 0.292 e. The van der Waals surface area contributed by atoms with E-state index in [4.69, 9.17) is 10.3 Å². The minimum atomic E-state index is -0.523. The fraction of sp³-hybridized carbons (Fsp3) is 0.167. The monoisotopic (exact) mass is 381 g/mol. The van der Waals surface area contributed by atoms with Crippen molar-refractivity contribution in [1.29, 1.82) is 5.53 Å². The molecule has 2 heterocycles. The number of hydrogen-bond acceptors (Lipinski definition) is 7. The third kappa shape index (κ3) is 2.54. The fourth-order valence-corrected chi connectivity index (χ4v) is 3.19. The molecule has 2 aromatic carbocycles. The quantitative estimate of drug-likeness (QED) is 0.673. The van der Waals surface area contributed by atoms with E-state index < -0.39 is 5.82 Å². The molecule has 4 rings (SSSR count). The number of benzene rings is 2. The molecule has 0 saturated heterocycles. The van der Waals surface area contributed by atoms with Gasteiger partial charge in [-0.15, -0.1) is 15.7 Å². The molecule has 0 saturated carbocycles. The molecular formula is C18H16FN7O2. The van der Waals surface area contributed by atoms with E-state index in [9.17, 15) is 9.18 Å². The second-order valence-electron chi connectivity index (χ2n) is 5.98. The lowest BCUT2D eigenvalue weighted by molar-refractivity contribution is 0.0626. The Labute approximate surface area is 159 Å². The average molecular weight is 381 g/mol. The third-order valence-electron chi connectivity index (χ3n) is 4.53. The molecule has 1 aromatic heterocycles. The molecule has 2 N–H and O–H groups in total. The Balaban J connectivity index is 2.00. The molecule has 142 valence electrons. The number of halogens is 1. The van der Waals surface area contributed by atoms with Crippen molar-refractivity contribution >= 4 is 22.5 Å². The number of methoxy groups -OCH3 is 1. The maximum atomic E-state index is 14.8. The van der Waals surface area contributed by atoms with Crippen LogP contribution >= 0.6 is 0 Å². The molecule has 1 aliphatic heterocycles. The number of amides is 1. The van der Waals surface area contributed by atoms with Gasteiger partial charge in [-0.05, 0) is 13.0 Å². The second kappa shape index (κ2) is 6.82. The Morgan fingerprint density at radius 2 is 1.96 bits per heavy atom. The zero-order chi connectivity index (χ0) is 19.8. The summed E-state index contributed by atoms with van der Waals surface area (Å²) in [5, 5.41) is 14.6. The number of anilines is 1. The molecule has 10 heteroatoms. The number of fused-ring (bicyclic) bond motifs is 3. The number of carbonyl (C=O) groups is 1. The standard InChI is InChI=1S/C18H16FN7O2/c1-3-25-18(27)16-17(26(23-20)24-25)12-8-4-7-11(15(12)21-22-16)10-6-5-9-13(28-2)14(10)19/h4-9,20,24H,3H2,1-2H3. The van der Waals surface area contributed by atoms with Gasteiger partial charge in [-0.25, -0.2) is 4.39 Å². The number of nitrogens with zero attached hydrogens (tertiary/aromatic N) is 5. The third-order valence-corrected chi connectivity index (χ3v) is 4.53. The lowest BCUT2D eigenvalue weighted by Gasteiger charge is -2.33. The predicted molar refractivity (Wildman–Crippen MR) is 99.0 cm³/mol. The van der Waals surface area contributed by atoms with Gasteiger partial charge in [-0.1, -0.05) is 35.6 Å². The first-order valence-corrected chi connectivity index (χ1v) is 8.48. The SMILES string of the molecule is CCN1NN(N=N)c2c(nnc3c(-c4cccc(OC)c4F)cccc23)C1=O. The maximum absolute atomic E-state index is 14.8. The van der Waals surface area contributed by atoms with E-state index in [1.165, 1.54) is 18.2 Å². The largest absolute Gasteiger partial charge is 0.494 e. The molecule has 0 bridgehead atoms. The topological polar surface area (TPSA) is 107 Å². The molecule has 0 spiro atoms. The van der Waals surface area contributed by atoms with Crippen LogP contribution in [0, 0.1) is 11.3 Å². The van der Waals surface area contributed by atoms with Crippen LogP contribution in [0.4, 0.5) is 10.1 Å². The summed E-state index contributed by atoms with van der Waals surface area (Å²) in [5.74, 6) is -0.797. The predicted octanol–water partition coefficient (Wildman–Crippen LogP) is 3.09. The first-order valence-electron chi connectivity index (χ1n) is 8.48. The number of nitrogens with one attached hydrogen (secondary N) is 2. The minimum absolute atomic E-state index is 0.0624. The lowest BCUT2D eigenvalue weighted by atomic mass is 10.00. The zero-order valence-electron chi connectivity index (χ0n) is 15.1. The van der Waals surface area contributed by atoms with E-state index in [2.05, 4.69) is 21.0 Å².